The van der Waals surface area contributed by atoms with Gasteiger partial charge in [0, 0.05) is 19.1 Å². The monoisotopic (exact) mass is 408 g/mol. The van der Waals surface area contributed by atoms with E-state index in [9.17, 15) is 9.90 Å². The number of benzene rings is 1. The quantitative estimate of drug-likeness (QED) is 0.595. The third-order valence-electron chi connectivity index (χ3n) is 5.57. The molecular formula is C22H36N2O5. The van der Waals surface area contributed by atoms with Gasteiger partial charge in [-0.3, -0.25) is 9.69 Å². The van der Waals surface area contributed by atoms with E-state index >= 15 is 0 Å². The number of esters is 1. The van der Waals surface area contributed by atoms with Crippen LogP contribution in [0, 0.1) is 5.92 Å². The first kappa shape index (κ1) is 23.4. The fraction of sp³-hybridized carbons (Fsp3) is 0.682. The number of carbonyl (C=O) groups is 1. The Balaban J connectivity index is 1.92. The van der Waals surface area contributed by atoms with Crippen molar-refractivity contribution in [3.63, 3.8) is 0 Å². The van der Waals surface area contributed by atoms with Crippen LogP contribution >= 0.6 is 0 Å². The number of carbonyl (C=O) groups excluding carboxylic acids is 1. The number of methoxy groups -OCH3 is 2. The first-order valence-corrected chi connectivity index (χ1v) is 10.3. The number of aliphatic hydroxyl groups excluding tert-OH is 1. The van der Waals surface area contributed by atoms with Crippen LogP contribution in [0.2, 0.25) is 0 Å². The number of nitrogens with zero attached hydrogens (tertiary/aromatic N) is 2. The summed E-state index contributed by atoms with van der Waals surface area (Å²) in [6, 6.07) is 6.27. The van der Waals surface area contributed by atoms with Crippen molar-refractivity contribution in [3.05, 3.63) is 23.8 Å². The van der Waals surface area contributed by atoms with Gasteiger partial charge >= 0.3 is 5.97 Å². The second-order valence-corrected chi connectivity index (χ2v) is 8.06. The molecule has 1 aliphatic heterocycles. The number of rotatable bonds is 10. The Morgan fingerprint density at radius 2 is 1.93 bits per heavy atom. The first-order chi connectivity index (χ1) is 13.8. The maximum absolute atomic E-state index is 11.7. The molecule has 1 atom stereocenters. The zero-order valence-electron chi connectivity index (χ0n) is 18.4. The van der Waals surface area contributed by atoms with Gasteiger partial charge in [0.25, 0.3) is 0 Å². The van der Waals surface area contributed by atoms with Crippen LogP contribution in [0.5, 0.6) is 11.5 Å². The summed E-state index contributed by atoms with van der Waals surface area (Å²) in [5.74, 6) is 1.20. The van der Waals surface area contributed by atoms with Crippen molar-refractivity contribution in [2.75, 3.05) is 47.5 Å². The third-order valence-corrected chi connectivity index (χ3v) is 5.57. The molecule has 0 saturated carbocycles. The third kappa shape index (κ3) is 7.17. The van der Waals surface area contributed by atoms with Crippen LogP contribution in [0.1, 0.15) is 32.3 Å². The van der Waals surface area contributed by atoms with Gasteiger partial charge in [-0.25, -0.2) is 0 Å². The van der Waals surface area contributed by atoms with E-state index in [1.165, 1.54) is 7.11 Å². The van der Waals surface area contributed by atoms with Crippen molar-refractivity contribution in [2.24, 2.45) is 5.92 Å². The van der Waals surface area contributed by atoms with E-state index in [1.54, 1.807) is 7.11 Å². The van der Waals surface area contributed by atoms with E-state index in [-0.39, 0.29) is 18.5 Å². The SMILES string of the molecule is COC(=O)C1CCN(Cc2ccc(OC)c(OC[C@H](O)CN(C)C(C)C)c2)CC1. The molecule has 1 heterocycles. The molecule has 1 fully saturated rings. The average Bonchev–Trinajstić information content (AvgIpc) is 2.72. The lowest BCUT2D eigenvalue weighted by molar-refractivity contribution is -0.147. The molecule has 1 aromatic rings. The average molecular weight is 409 g/mol. The highest BCUT2D eigenvalue weighted by atomic mass is 16.5. The predicted molar refractivity (Wildman–Crippen MR) is 112 cm³/mol. The molecule has 0 spiro atoms. The lowest BCUT2D eigenvalue weighted by Crippen LogP contribution is -2.37. The minimum Gasteiger partial charge on any atom is -0.493 e. The molecule has 7 heteroatoms. The summed E-state index contributed by atoms with van der Waals surface area (Å²) in [4.78, 5) is 16.1. The van der Waals surface area contributed by atoms with Gasteiger partial charge in [0.1, 0.15) is 12.7 Å². The van der Waals surface area contributed by atoms with Crippen molar-refractivity contribution >= 4 is 5.97 Å². The first-order valence-electron chi connectivity index (χ1n) is 10.3. The molecular weight excluding hydrogens is 372 g/mol. The highest BCUT2D eigenvalue weighted by Crippen LogP contribution is 2.29. The number of likely N-dealkylation sites (N-methyl/N-ethyl adjacent to an activating group) is 1. The zero-order valence-corrected chi connectivity index (χ0v) is 18.4. The van der Waals surface area contributed by atoms with E-state index in [0.717, 1.165) is 38.0 Å². The van der Waals surface area contributed by atoms with Gasteiger partial charge in [-0.05, 0) is 64.5 Å². The molecule has 29 heavy (non-hydrogen) atoms. The fourth-order valence-corrected chi connectivity index (χ4v) is 3.47. The number of hydrogen-bond donors (Lipinski definition) is 1. The normalized spacial score (nSPS) is 16.8. The Bertz CT molecular complexity index is 644. The molecule has 1 saturated heterocycles. The molecule has 0 radical (unpaired) electrons. The van der Waals surface area contributed by atoms with E-state index in [1.807, 2.05) is 25.2 Å². The molecule has 0 unspecified atom stereocenters. The summed E-state index contributed by atoms with van der Waals surface area (Å²) in [5.41, 5.74) is 1.12. The summed E-state index contributed by atoms with van der Waals surface area (Å²) in [6.07, 6.45) is 1.07. The minimum atomic E-state index is -0.576. The van der Waals surface area contributed by atoms with Gasteiger partial charge in [0.05, 0.1) is 20.1 Å². The topological polar surface area (TPSA) is 71.5 Å². The van der Waals surface area contributed by atoms with Gasteiger partial charge in [-0.15, -0.1) is 0 Å². The maximum Gasteiger partial charge on any atom is 0.308 e. The van der Waals surface area contributed by atoms with Crippen molar-refractivity contribution in [3.8, 4) is 11.5 Å². The van der Waals surface area contributed by atoms with E-state index in [4.69, 9.17) is 14.2 Å². The molecule has 7 nitrogen and oxygen atoms in total. The number of ether oxygens (including phenoxy) is 3. The highest BCUT2D eigenvalue weighted by Gasteiger charge is 2.25. The molecule has 1 aromatic carbocycles. The number of likely N-dealkylation sites (tertiary alicyclic amines) is 1. The van der Waals surface area contributed by atoms with Crippen LogP contribution in [0.3, 0.4) is 0 Å². The zero-order chi connectivity index (χ0) is 21.4. The molecule has 0 aromatic heterocycles. The Kier molecular flexibility index (Phi) is 9.20. The van der Waals surface area contributed by atoms with Gasteiger partial charge in [0.15, 0.2) is 11.5 Å². The van der Waals surface area contributed by atoms with Crippen LogP contribution in [0.15, 0.2) is 18.2 Å². The fourth-order valence-electron chi connectivity index (χ4n) is 3.47. The van der Waals surface area contributed by atoms with E-state index in [0.29, 0.717) is 24.1 Å². The van der Waals surface area contributed by atoms with Crippen molar-refractivity contribution in [2.45, 2.75) is 45.4 Å². The molecule has 0 aliphatic carbocycles. The van der Waals surface area contributed by atoms with Gasteiger partial charge in [-0.2, -0.15) is 0 Å². The summed E-state index contributed by atoms with van der Waals surface area (Å²) < 4.78 is 16.2. The van der Waals surface area contributed by atoms with Gasteiger partial charge in [0.2, 0.25) is 0 Å². The maximum atomic E-state index is 11.7. The molecule has 1 aliphatic rings. The van der Waals surface area contributed by atoms with E-state index < -0.39 is 6.10 Å². The summed E-state index contributed by atoms with van der Waals surface area (Å²) in [7, 11) is 5.05. The predicted octanol–water partition coefficient (Wildman–Crippen LogP) is 2.16. The second-order valence-electron chi connectivity index (χ2n) is 8.06. The van der Waals surface area contributed by atoms with Gasteiger partial charge in [-0.1, -0.05) is 6.07 Å². The Hall–Kier alpha value is -1.83. The Labute approximate surface area is 174 Å². The van der Waals surface area contributed by atoms with Crippen LogP contribution < -0.4 is 9.47 Å². The van der Waals surface area contributed by atoms with Crippen LogP contribution in [0.4, 0.5) is 0 Å². The summed E-state index contributed by atoms with van der Waals surface area (Å²) >= 11 is 0. The van der Waals surface area contributed by atoms with Crippen LogP contribution in [-0.4, -0.2) is 80.5 Å². The minimum absolute atomic E-state index is 0.0106. The lowest BCUT2D eigenvalue weighted by atomic mass is 9.96. The Morgan fingerprint density at radius 3 is 2.52 bits per heavy atom. The second kappa shape index (κ2) is 11.4. The smallest absolute Gasteiger partial charge is 0.308 e. The number of aliphatic hydroxyl groups is 1. The van der Waals surface area contributed by atoms with Crippen molar-refractivity contribution in [1.29, 1.82) is 0 Å². The van der Waals surface area contributed by atoms with E-state index in [2.05, 4.69) is 23.6 Å². The summed E-state index contributed by atoms with van der Waals surface area (Å²) in [6.45, 7) is 7.45. The molecule has 2 rings (SSSR count). The largest absolute Gasteiger partial charge is 0.493 e. The Morgan fingerprint density at radius 1 is 1.24 bits per heavy atom. The van der Waals surface area contributed by atoms with Crippen molar-refractivity contribution in [1.82, 2.24) is 9.80 Å². The van der Waals surface area contributed by atoms with Crippen LogP contribution in [-0.2, 0) is 16.1 Å². The molecule has 1 N–H and O–H groups in total. The number of hydrogen-bond acceptors (Lipinski definition) is 7. The van der Waals surface area contributed by atoms with Crippen LogP contribution in [0.25, 0.3) is 0 Å². The molecule has 164 valence electrons. The summed E-state index contributed by atoms with van der Waals surface area (Å²) in [5, 5.41) is 10.3. The molecule has 0 amide bonds. The highest BCUT2D eigenvalue weighted by molar-refractivity contribution is 5.72. The van der Waals surface area contributed by atoms with Gasteiger partial charge < -0.3 is 24.2 Å². The lowest BCUT2D eigenvalue weighted by Gasteiger charge is -2.30. The standard InChI is InChI=1S/C22H36N2O5/c1-16(2)23(3)14-19(25)15-29-21-12-17(6-7-20(21)27-4)13-24-10-8-18(9-11-24)22(26)28-5/h6-7,12,16,18-19,25H,8-11,13-15H2,1-5H3/t19-/m1/s1. The van der Waals surface area contributed by atoms with Crippen molar-refractivity contribution < 1.29 is 24.1 Å². The number of piperidine rings is 1. The molecule has 0 bridgehead atoms.